The molecule has 0 radical (unpaired) electrons. The summed E-state index contributed by atoms with van der Waals surface area (Å²) in [4.78, 5) is 0. The first-order chi connectivity index (χ1) is 9.56. The summed E-state index contributed by atoms with van der Waals surface area (Å²) in [6.07, 6.45) is 2.32. The van der Waals surface area contributed by atoms with Crippen molar-refractivity contribution >= 4 is 23.2 Å². The van der Waals surface area contributed by atoms with E-state index in [-0.39, 0.29) is 0 Å². The van der Waals surface area contributed by atoms with Gasteiger partial charge in [0.1, 0.15) is 0 Å². The van der Waals surface area contributed by atoms with Crippen molar-refractivity contribution in [2.24, 2.45) is 0 Å². The van der Waals surface area contributed by atoms with Crippen LogP contribution in [0.15, 0.2) is 48.5 Å². The second-order valence-corrected chi connectivity index (χ2v) is 6.36. The van der Waals surface area contributed by atoms with Crippen molar-refractivity contribution in [1.29, 1.82) is 0 Å². The van der Waals surface area contributed by atoms with Gasteiger partial charge in [-0.05, 0) is 60.1 Å². The summed E-state index contributed by atoms with van der Waals surface area (Å²) in [6.45, 7) is 4.54. The Morgan fingerprint density at radius 2 is 1.35 bits per heavy atom. The lowest BCUT2D eigenvalue weighted by molar-refractivity contribution is 0.574. The molecule has 0 saturated heterocycles. The van der Waals surface area contributed by atoms with E-state index in [0.29, 0.717) is 11.8 Å². The summed E-state index contributed by atoms with van der Waals surface area (Å²) in [6, 6.07) is 16.4. The molecule has 0 bridgehead atoms. The van der Waals surface area contributed by atoms with Crippen LogP contribution in [0.3, 0.4) is 0 Å². The number of rotatable bonds is 5. The van der Waals surface area contributed by atoms with E-state index in [9.17, 15) is 0 Å². The average molecular weight is 307 g/mol. The van der Waals surface area contributed by atoms with Crippen molar-refractivity contribution < 1.29 is 0 Å². The molecule has 0 heterocycles. The molecule has 0 aliphatic heterocycles. The summed E-state index contributed by atoms with van der Waals surface area (Å²) >= 11 is 12.0. The Labute approximate surface area is 131 Å². The molecule has 0 nitrogen and oxygen atoms in total. The van der Waals surface area contributed by atoms with Gasteiger partial charge in [0.25, 0.3) is 0 Å². The van der Waals surface area contributed by atoms with Crippen molar-refractivity contribution in [3.05, 3.63) is 69.7 Å². The minimum atomic E-state index is 0.531. The van der Waals surface area contributed by atoms with E-state index in [4.69, 9.17) is 23.2 Å². The summed E-state index contributed by atoms with van der Waals surface area (Å²) in [5.74, 6) is 1.08. The van der Waals surface area contributed by atoms with E-state index in [1.165, 1.54) is 11.1 Å². The van der Waals surface area contributed by atoms with Crippen LogP contribution in [0.5, 0.6) is 0 Å². The van der Waals surface area contributed by atoms with Gasteiger partial charge in [-0.15, -0.1) is 0 Å². The van der Waals surface area contributed by atoms with Crippen molar-refractivity contribution in [1.82, 2.24) is 0 Å². The number of hydrogen-bond donors (Lipinski definition) is 0. The Hall–Kier alpha value is -0.980. The summed E-state index contributed by atoms with van der Waals surface area (Å²) in [5.41, 5.74) is 2.67. The molecule has 0 amide bonds. The van der Waals surface area contributed by atoms with Gasteiger partial charge in [-0.25, -0.2) is 0 Å². The molecule has 2 aromatic rings. The molecule has 2 aromatic carbocycles. The molecular formula is C18H20Cl2. The van der Waals surface area contributed by atoms with Crippen molar-refractivity contribution in [3.8, 4) is 0 Å². The highest BCUT2D eigenvalue weighted by atomic mass is 35.5. The van der Waals surface area contributed by atoms with E-state index in [2.05, 4.69) is 38.1 Å². The molecule has 0 N–H and O–H groups in total. The molecule has 0 aliphatic rings. The minimum absolute atomic E-state index is 0.531. The molecule has 0 spiro atoms. The fraction of sp³-hybridized carbons (Fsp3) is 0.333. The topological polar surface area (TPSA) is 0 Å². The first kappa shape index (κ1) is 15.4. The highest BCUT2D eigenvalue weighted by Crippen LogP contribution is 2.29. The van der Waals surface area contributed by atoms with Gasteiger partial charge in [0, 0.05) is 10.0 Å². The zero-order chi connectivity index (χ0) is 14.5. The molecule has 0 aromatic heterocycles. The number of hydrogen-bond acceptors (Lipinski definition) is 0. The number of halogens is 2. The fourth-order valence-electron chi connectivity index (χ4n) is 2.44. The van der Waals surface area contributed by atoms with Gasteiger partial charge in [0.05, 0.1) is 0 Å². The predicted molar refractivity (Wildman–Crippen MR) is 89.0 cm³/mol. The fourth-order valence-corrected chi connectivity index (χ4v) is 2.76. The predicted octanol–water partition coefficient (Wildman–Crippen LogP) is 6.68. The van der Waals surface area contributed by atoms with E-state index in [0.717, 1.165) is 22.9 Å². The molecule has 20 heavy (non-hydrogen) atoms. The van der Waals surface area contributed by atoms with Crippen molar-refractivity contribution in [2.45, 2.75) is 38.5 Å². The van der Waals surface area contributed by atoms with Gasteiger partial charge >= 0.3 is 0 Å². The van der Waals surface area contributed by atoms with E-state index in [1.54, 1.807) is 0 Å². The normalized spacial score (nSPS) is 14.0. The molecule has 0 fully saturated rings. The molecule has 2 rings (SSSR count). The monoisotopic (exact) mass is 306 g/mol. The molecular weight excluding hydrogens is 287 g/mol. The van der Waals surface area contributed by atoms with Crippen LogP contribution in [0.25, 0.3) is 0 Å². The lowest BCUT2D eigenvalue weighted by Crippen LogP contribution is -1.99. The van der Waals surface area contributed by atoms with Gasteiger partial charge in [0.2, 0.25) is 0 Å². The lowest BCUT2D eigenvalue weighted by Gasteiger charge is -2.16. The standard InChI is InChI=1S/C18H20Cl2/c1-13(15-8-10-17(19)11-9-15)6-7-14(2)16-4-3-5-18(20)12-16/h3-5,8-14H,6-7H2,1-2H3. The third kappa shape index (κ3) is 4.26. The summed E-state index contributed by atoms with van der Waals surface area (Å²) in [7, 11) is 0. The van der Waals surface area contributed by atoms with Gasteiger partial charge in [-0.1, -0.05) is 61.3 Å². The smallest absolute Gasteiger partial charge is 0.0408 e. The maximum absolute atomic E-state index is 6.05. The second kappa shape index (κ2) is 7.15. The third-order valence-electron chi connectivity index (χ3n) is 3.89. The van der Waals surface area contributed by atoms with Crippen LogP contribution in [-0.4, -0.2) is 0 Å². The molecule has 0 saturated carbocycles. The zero-order valence-electron chi connectivity index (χ0n) is 11.9. The van der Waals surface area contributed by atoms with Gasteiger partial charge in [-0.3, -0.25) is 0 Å². The van der Waals surface area contributed by atoms with Crippen LogP contribution in [-0.2, 0) is 0 Å². The van der Waals surface area contributed by atoms with E-state index < -0.39 is 0 Å². The Morgan fingerprint density at radius 1 is 0.750 bits per heavy atom. The summed E-state index contributed by atoms with van der Waals surface area (Å²) in [5, 5.41) is 1.62. The Balaban J connectivity index is 1.93. The van der Waals surface area contributed by atoms with Crippen LogP contribution in [0.4, 0.5) is 0 Å². The Kier molecular flexibility index (Phi) is 5.51. The molecule has 2 unspecified atom stereocenters. The van der Waals surface area contributed by atoms with E-state index >= 15 is 0 Å². The Bertz CT molecular complexity index is 546. The molecule has 0 aliphatic carbocycles. The molecule has 2 heteroatoms. The van der Waals surface area contributed by atoms with Crippen LogP contribution < -0.4 is 0 Å². The van der Waals surface area contributed by atoms with Crippen LogP contribution in [0.1, 0.15) is 49.7 Å². The third-order valence-corrected chi connectivity index (χ3v) is 4.38. The maximum Gasteiger partial charge on any atom is 0.0408 e. The van der Waals surface area contributed by atoms with Crippen LogP contribution in [0, 0.1) is 0 Å². The van der Waals surface area contributed by atoms with Gasteiger partial charge in [-0.2, -0.15) is 0 Å². The zero-order valence-corrected chi connectivity index (χ0v) is 13.5. The minimum Gasteiger partial charge on any atom is -0.0843 e. The quantitative estimate of drug-likeness (QED) is 0.578. The van der Waals surface area contributed by atoms with Gasteiger partial charge in [0.15, 0.2) is 0 Å². The molecule has 2 atom stereocenters. The largest absolute Gasteiger partial charge is 0.0843 e. The lowest BCUT2D eigenvalue weighted by atomic mass is 9.89. The van der Waals surface area contributed by atoms with Crippen LogP contribution >= 0.6 is 23.2 Å². The highest BCUT2D eigenvalue weighted by molar-refractivity contribution is 6.30. The SMILES string of the molecule is CC(CCC(C)c1cccc(Cl)c1)c1ccc(Cl)cc1. The van der Waals surface area contributed by atoms with E-state index in [1.807, 2.05) is 24.3 Å². The highest BCUT2D eigenvalue weighted by Gasteiger charge is 2.10. The first-order valence-electron chi connectivity index (χ1n) is 7.07. The maximum atomic E-state index is 6.05. The molecule has 106 valence electrons. The Morgan fingerprint density at radius 3 is 1.95 bits per heavy atom. The van der Waals surface area contributed by atoms with Crippen LogP contribution in [0.2, 0.25) is 10.0 Å². The van der Waals surface area contributed by atoms with Crippen molar-refractivity contribution in [3.63, 3.8) is 0 Å². The van der Waals surface area contributed by atoms with Crippen molar-refractivity contribution in [2.75, 3.05) is 0 Å². The summed E-state index contributed by atoms with van der Waals surface area (Å²) < 4.78 is 0. The average Bonchev–Trinajstić information content (AvgIpc) is 2.45. The second-order valence-electron chi connectivity index (χ2n) is 5.49. The number of benzene rings is 2. The first-order valence-corrected chi connectivity index (χ1v) is 7.83. The van der Waals surface area contributed by atoms with Gasteiger partial charge < -0.3 is 0 Å².